The maximum atomic E-state index is 12.9. The van der Waals surface area contributed by atoms with Gasteiger partial charge in [-0.3, -0.25) is 9.78 Å². The molecule has 3 aromatic heterocycles. The highest BCUT2D eigenvalue weighted by Gasteiger charge is 2.19. The van der Waals surface area contributed by atoms with Gasteiger partial charge in [0.1, 0.15) is 0 Å². The highest BCUT2D eigenvalue weighted by Crippen LogP contribution is 2.22. The number of hydrogen-bond acceptors (Lipinski definition) is 4. The molecule has 6 heteroatoms. The van der Waals surface area contributed by atoms with Crippen LogP contribution >= 0.6 is 0 Å². The van der Waals surface area contributed by atoms with Crippen LogP contribution in [0.25, 0.3) is 11.0 Å². The lowest BCUT2D eigenvalue weighted by Crippen LogP contribution is -2.26. The number of rotatable bonds is 4. The molecule has 0 aliphatic rings. The lowest BCUT2D eigenvalue weighted by atomic mass is 10.1. The van der Waals surface area contributed by atoms with Crippen molar-refractivity contribution in [1.82, 2.24) is 24.6 Å². The van der Waals surface area contributed by atoms with E-state index < -0.39 is 0 Å². The summed E-state index contributed by atoms with van der Waals surface area (Å²) in [5.41, 5.74) is 3.19. The number of fused-ring (bicyclic) bond motifs is 1. The minimum atomic E-state index is -0.0438. The lowest BCUT2D eigenvalue weighted by molar-refractivity contribution is 0.0786. The van der Waals surface area contributed by atoms with Gasteiger partial charge in [-0.2, -0.15) is 5.10 Å². The summed E-state index contributed by atoms with van der Waals surface area (Å²) >= 11 is 0. The second kappa shape index (κ2) is 6.39. The molecule has 6 nitrogen and oxygen atoms in total. The van der Waals surface area contributed by atoms with E-state index in [1.54, 1.807) is 30.5 Å². The molecule has 0 aliphatic heterocycles. The van der Waals surface area contributed by atoms with E-state index in [0.717, 1.165) is 22.3 Å². The molecule has 0 saturated heterocycles. The summed E-state index contributed by atoms with van der Waals surface area (Å²) in [5.74, 6) is -0.0438. The molecule has 0 spiro atoms. The zero-order valence-electron chi connectivity index (χ0n) is 14.4. The van der Waals surface area contributed by atoms with Gasteiger partial charge in [-0.1, -0.05) is 6.07 Å². The molecule has 0 saturated carbocycles. The predicted molar refractivity (Wildman–Crippen MR) is 92.7 cm³/mol. The van der Waals surface area contributed by atoms with Crippen LogP contribution < -0.4 is 0 Å². The van der Waals surface area contributed by atoms with Gasteiger partial charge in [-0.05, 0) is 38.5 Å². The number of aromatic nitrogens is 4. The molecule has 0 aliphatic carbocycles. The molecule has 0 N–H and O–H groups in total. The van der Waals surface area contributed by atoms with Crippen molar-refractivity contribution in [3.63, 3.8) is 0 Å². The van der Waals surface area contributed by atoms with Crippen molar-refractivity contribution in [2.24, 2.45) is 0 Å². The summed E-state index contributed by atoms with van der Waals surface area (Å²) in [4.78, 5) is 23.3. The largest absolute Gasteiger partial charge is 0.337 e. The molecule has 0 atom stereocenters. The van der Waals surface area contributed by atoms with Crippen LogP contribution in [0.5, 0.6) is 0 Å². The Hall–Kier alpha value is -2.76. The lowest BCUT2D eigenvalue weighted by Gasteiger charge is -2.18. The third kappa shape index (κ3) is 2.99. The van der Waals surface area contributed by atoms with Crippen molar-refractivity contribution in [2.45, 2.75) is 33.4 Å². The van der Waals surface area contributed by atoms with Crippen molar-refractivity contribution >= 4 is 16.9 Å². The molecule has 0 aromatic carbocycles. The van der Waals surface area contributed by atoms with Crippen molar-refractivity contribution in [3.8, 4) is 0 Å². The average Bonchev–Trinajstić information content (AvgIpc) is 2.98. The third-order valence-electron chi connectivity index (χ3n) is 3.90. The number of hydrogen-bond donors (Lipinski definition) is 0. The SMILES string of the molecule is Cc1cc(C(=O)N(C)Cc2cccnc2)c2cnn(C(C)C)c2n1. The molecule has 3 rings (SSSR count). The Labute approximate surface area is 141 Å². The van der Waals surface area contributed by atoms with E-state index in [4.69, 9.17) is 0 Å². The number of carbonyl (C=O) groups is 1. The fourth-order valence-electron chi connectivity index (χ4n) is 2.74. The summed E-state index contributed by atoms with van der Waals surface area (Å²) in [6.07, 6.45) is 5.22. The number of aryl methyl sites for hydroxylation is 1. The van der Waals surface area contributed by atoms with Gasteiger partial charge in [-0.25, -0.2) is 9.67 Å². The van der Waals surface area contributed by atoms with Crippen LogP contribution in [-0.4, -0.2) is 37.6 Å². The highest BCUT2D eigenvalue weighted by atomic mass is 16.2. The van der Waals surface area contributed by atoms with Gasteiger partial charge < -0.3 is 4.90 Å². The molecule has 3 aromatic rings. The number of nitrogens with zero attached hydrogens (tertiary/aromatic N) is 5. The minimum Gasteiger partial charge on any atom is -0.337 e. The Morgan fingerprint density at radius 3 is 2.79 bits per heavy atom. The second-order valence-electron chi connectivity index (χ2n) is 6.25. The van der Waals surface area contributed by atoms with Gasteiger partial charge in [0, 0.05) is 37.7 Å². The Kier molecular flexibility index (Phi) is 4.29. The summed E-state index contributed by atoms with van der Waals surface area (Å²) in [6.45, 7) is 6.50. The van der Waals surface area contributed by atoms with Crippen LogP contribution in [0.1, 0.15) is 41.5 Å². The minimum absolute atomic E-state index is 0.0438. The topological polar surface area (TPSA) is 63.9 Å². The van der Waals surface area contributed by atoms with Gasteiger partial charge in [0.15, 0.2) is 5.65 Å². The molecular formula is C18H21N5O. The van der Waals surface area contributed by atoms with E-state index in [1.165, 1.54) is 0 Å². The molecule has 3 heterocycles. The van der Waals surface area contributed by atoms with Gasteiger partial charge in [0.25, 0.3) is 5.91 Å². The van der Waals surface area contributed by atoms with Crippen LogP contribution in [0.4, 0.5) is 0 Å². The Morgan fingerprint density at radius 2 is 2.12 bits per heavy atom. The van der Waals surface area contributed by atoms with Crippen molar-refractivity contribution in [3.05, 3.63) is 53.6 Å². The summed E-state index contributed by atoms with van der Waals surface area (Å²) < 4.78 is 1.85. The Balaban J connectivity index is 1.97. The first kappa shape index (κ1) is 16.1. The second-order valence-corrected chi connectivity index (χ2v) is 6.25. The van der Waals surface area contributed by atoms with Gasteiger partial charge >= 0.3 is 0 Å². The molecule has 24 heavy (non-hydrogen) atoms. The van der Waals surface area contributed by atoms with E-state index >= 15 is 0 Å². The summed E-state index contributed by atoms with van der Waals surface area (Å²) in [5, 5.41) is 5.18. The monoisotopic (exact) mass is 323 g/mol. The van der Waals surface area contributed by atoms with Crippen LogP contribution in [0.2, 0.25) is 0 Å². The maximum absolute atomic E-state index is 12.9. The summed E-state index contributed by atoms with van der Waals surface area (Å²) in [7, 11) is 1.80. The van der Waals surface area contributed by atoms with Crippen LogP contribution in [0, 0.1) is 6.92 Å². The molecular weight excluding hydrogens is 302 g/mol. The molecule has 124 valence electrons. The van der Waals surface area contributed by atoms with E-state index in [9.17, 15) is 4.79 Å². The van der Waals surface area contributed by atoms with Crippen molar-refractivity contribution in [2.75, 3.05) is 7.05 Å². The van der Waals surface area contributed by atoms with Crippen molar-refractivity contribution in [1.29, 1.82) is 0 Å². The first-order chi connectivity index (χ1) is 11.5. The standard InChI is InChI=1S/C18H21N5O/c1-12(2)23-17-16(10-20-23)15(8-13(3)21-17)18(24)22(4)11-14-6-5-7-19-9-14/h5-10,12H,11H2,1-4H3. The van der Waals surface area contributed by atoms with E-state index in [-0.39, 0.29) is 11.9 Å². The molecule has 0 fully saturated rings. The zero-order valence-corrected chi connectivity index (χ0v) is 14.4. The first-order valence-electron chi connectivity index (χ1n) is 7.96. The fourth-order valence-corrected chi connectivity index (χ4v) is 2.74. The molecule has 0 bridgehead atoms. The quantitative estimate of drug-likeness (QED) is 0.740. The maximum Gasteiger partial charge on any atom is 0.254 e. The van der Waals surface area contributed by atoms with Gasteiger partial charge in [0.2, 0.25) is 0 Å². The van der Waals surface area contributed by atoms with Crippen LogP contribution in [0.15, 0.2) is 36.8 Å². The van der Waals surface area contributed by atoms with E-state index in [0.29, 0.717) is 12.1 Å². The fraction of sp³-hybridized carbons (Fsp3) is 0.333. The first-order valence-corrected chi connectivity index (χ1v) is 7.96. The average molecular weight is 323 g/mol. The predicted octanol–water partition coefficient (Wildman–Crippen LogP) is 2.99. The van der Waals surface area contributed by atoms with Crippen LogP contribution in [-0.2, 0) is 6.54 Å². The Morgan fingerprint density at radius 1 is 1.33 bits per heavy atom. The van der Waals surface area contributed by atoms with E-state index in [1.807, 2.05) is 43.7 Å². The zero-order chi connectivity index (χ0) is 17.3. The molecule has 0 unspecified atom stereocenters. The molecule has 1 amide bonds. The number of pyridine rings is 2. The van der Waals surface area contributed by atoms with E-state index in [2.05, 4.69) is 15.1 Å². The van der Waals surface area contributed by atoms with Gasteiger partial charge in [-0.15, -0.1) is 0 Å². The van der Waals surface area contributed by atoms with Crippen LogP contribution in [0.3, 0.4) is 0 Å². The smallest absolute Gasteiger partial charge is 0.254 e. The third-order valence-corrected chi connectivity index (χ3v) is 3.90. The summed E-state index contributed by atoms with van der Waals surface area (Å²) in [6, 6.07) is 5.85. The molecule has 0 radical (unpaired) electrons. The Bertz CT molecular complexity index is 870. The number of carbonyl (C=O) groups excluding carboxylic acids is 1. The number of amides is 1. The van der Waals surface area contributed by atoms with Gasteiger partial charge in [0.05, 0.1) is 17.1 Å². The normalized spacial score (nSPS) is 11.2. The highest BCUT2D eigenvalue weighted by molar-refractivity contribution is 6.05. The van der Waals surface area contributed by atoms with Crippen molar-refractivity contribution < 1.29 is 4.79 Å².